The molecule has 0 unspecified atom stereocenters. The Kier molecular flexibility index (Phi) is 4.92. The van der Waals surface area contributed by atoms with Crippen LogP contribution in [0.15, 0.2) is 53.3 Å². The smallest absolute Gasteiger partial charge is 0.208 e. The first kappa shape index (κ1) is 13.8. The molecule has 2 N–H and O–H groups in total. The number of rotatable bonds is 4. The van der Waals surface area contributed by atoms with Crippen molar-refractivity contribution < 1.29 is 13.6 Å². The lowest BCUT2D eigenvalue weighted by Crippen LogP contribution is -2.11. The van der Waals surface area contributed by atoms with Gasteiger partial charge in [0.1, 0.15) is 5.82 Å². The van der Waals surface area contributed by atoms with Crippen LogP contribution in [0.5, 0.6) is 0 Å². The number of nitrogens with two attached hydrogens (primary N) is 1. The van der Waals surface area contributed by atoms with Crippen molar-refractivity contribution in [3.8, 4) is 0 Å². The highest BCUT2D eigenvalue weighted by atomic mass is 19.1. The van der Waals surface area contributed by atoms with Gasteiger partial charge in [0.2, 0.25) is 5.78 Å². The normalized spacial score (nSPS) is 13.1. The van der Waals surface area contributed by atoms with Crippen LogP contribution in [0, 0.1) is 5.82 Å². The molecule has 1 aromatic rings. The number of Topliss-reactive ketones (excluding diaryl/α,β-unsaturated/α-hetero) is 1. The molecule has 0 aliphatic rings. The maximum Gasteiger partial charge on any atom is 0.208 e. The largest absolute Gasteiger partial charge is 0.396 e. The Morgan fingerprint density at radius 2 is 1.94 bits per heavy atom. The van der Waals surface area contributed by atoms with Crippen LogP contribution >= 0.6 is 0 Å². The van der Waals surface area contributed by atoms with Gasteiger partial charge >= 0.3 is 0 Å². The minimum Gasteiger partial charge on any atom is -0.396 e. The average molecular weight is 250 g/mol. The van der Waals surface area contributed by atoms with Gasteiger partial charge in [-0.2, -0.15) is 4.39 Å². The van der Waals surface area contributed by atoms with Crippen LogP contribution in [0.3, 0.4) is 0 Å². The highest BCUT2D eigenvalue weighted by molar-refractivity contribution is 6.08. The van der Waals surface area contributed by atoms with Crippen LogP contribution in [-0.4, -0.2) is 11.7 Å². The van der Waals surface area contributed by atoms with E-state index >= 15 is 0 Å². The number of nitrogens with zero attached hydrogens (tertiary/aromatic N) is 1. The summed E-state index contributed by atoms with van der Waals surface area (Å²) in [6, 6.07) is 5.03. The Balaban J connectivity index is 2.78. The zero-order chi connectivity index (χ0) is 13.5. The second-order valence-corrected chi connectivity index (χ2v) is 3.43. The van der Waals surface area contributed by atoms with Gasteiger partial charge in [-0.05, 0) is 36.4 Å². The van der Waals surface area contributed by atoms with Gasteiger partial charge in [0, 0.05) is 18.7 Å². The molecule has 0 aliphatic heterocycles. The molecule has 0 heterocycles. The number of ketones is 1. The third kappa shape index (κ3) is 4.29. The first-order valence-corrected chi connectivity index (χ1v) is 5.13. The van der Waals surface area contributed by atoms with E-state index in [-0.39, 0.29) is 11.3 Å². The first-order chi connectivity index (χ1) is 8.50. The molecule has 1 rings (SSSR count). The Hall–Kier alpha value is -2.30. The zero-order valence-electron chi connectivity index (χ0n) is 9.73. The molecule has 0 saturated heterocycles. The third-order valence-corrected chi connectivity index (χ3v) is 1.98. The second kappa shape index (κ2) is 6.44. The summed E-state index contributed by atoms with van der Waals surface area (Å²) in [7, 11) is 0. The number of aliphatic imine (C=N–C) groups is 1. The van der Waals surface area contributed by atoms with E-state index in [2.05, 4.69) is 4.99 Å². The van der Waals surface area contributed by atoms with Crippen molar-refractivity contribution in [2.24, 2.45) is 10.7 Å². The van der Waals surface area contributed by atoms with E-state index < -0.39 is 17.6 Å². The van der Waals surface area contributed by atoms with E-state index in [0.717, 1.165) is 0 Å². The number of carbonyl (C=O) groups excluding carboxylic acids is 1. The zero-order valence-corrected chi connectivity index (χ0v) is 9.73. The Morgan fingerprint density at radius 1 is 1.33 bits per heavy atom. The number of hydrogen-bond acceptors (Lipinski definition) is 3. The molecule has 0 saturated carbocycles. The van der Waals surface area contributed by atoms with Crippen molar-refractivity contribution in [2.45, 2.75) is 6.92 Å². The SMILES string of the molecule is CC(F)=N/C=C\C=C(\N)C(=O)c1ccc(F)cc1. The monoisotopic (exact) mass is 250 g/mol. The molecular weight excluding hydrogens is 238 g/mol. The molecule has 1 aromatic carbocycles. The van der Waals surface area contributed by atoms with Crippen molar-refractivity contribution in [2.75, 3.05) is 0 Å². The van der Waals surface area contributed by atoms with Crippen LogP contribution in [-0.2, 0) is 0 Å². The van der Waals surface area contributed by atoms with Crippen molar-refractivity contribution >= 4 is 11.7 Å². The van der Waals surface area contributed by atoms with Gasteiger partial charge in [0.05, 0.1) is 5.70 Å². The molecule has 0 aliphatic carbocycles. The average Bonchev–Trinajstić information content (AvgIpc) is 2.34. The molecule has 0 atom stereocenters. The van der Waals surface area contributed by atoms with Gasteiger partial charge in [0.25, 0.3) is 0 Å². The van der Waals surface area contributed by atoms with Crippen LogP contribution in [0.2, 0.25) is 0 Å². The van der Waals surface area contributed by atoms with E-state index in [4.69, 9.17) is 5.73 Å². The molecule has 0 spiro atoms. The first-order valence-electron chi connectivity index (χ1n) is 5.13. The molecule has 0 bridgehead atoms. The molecular formula is C13H12F2N2O. The van der Waals surface area contributed by atoms with Crippen molar-refractivity contribution in [3.05, 3.63) is 59.7 Å². The number of hydrogen-bond donors (Lipinski definition) is 1. The summed E-state index contributed by atoms with van der Waals surface area (Å²) in [5.41, 5.74) is 5.77. The standard InChI is InChI=1S/C13H12F2N2O/c1-9(14)17-8-2-3-12(16)13(18)10-4-6-11(15)7-5-10/h2-8H,16H2,1H3/b8-2-,12-3+,17-9?. The topological polar surface area (TPSA) is 55.4 Å². The van der Waals surface area contributed by atoms with Crippen LogP contribution in [0.1, 0.15) is 17.3 Å². The van der Waals surface area contributed by atoms with Crippen molar-refractivity contribution in [1.29, 1.82) is 0 Å². The number of halogens is 2. The van der Waals surface area contributed by atoms with Crippen molar-refractivity contribution in [3.63, 3.8) is 0 Å². The summed E-state index contributed by atoms with van der Waals surface area (Å²) < 4.78 is 24.9. The molecule has 3 nitrogen and oxygen atoms in total. The summed E-state index contributed by atoms with van der Waals surface area (Å²) in [4.78, 5) is 15.1. The molecule has 94 valence electrons. The summed E-state index contributed by atoms with van der Waals surface area (Å²) in [6.45, 7) is 1.20. The molecule has 0 aromatic heterocycles. The van der Waals surface area contributed by atoms with E-state index in [1.807, 2.05) is 0 Å². The number of allylic oxidation sites excluding steroid dienone is 3. The molecule has 5 heteroatoms. The Labute approximate surface area is 103 Å². The van der Waals surface area contributed by atoms with Gasteiger partial charge in [-0.15, -0.1) is 0 Å². The maximum atomic E-state index is 12.7. The number of carbonyl (C=O) groups is 1. The lowest BCUT2D eigenvalue weighted by Gasteiger charge is -1.99. The lowest BCUT2D eigenvalue weighted by molar-refractivity contribution is 0.103. The highest BCUT2D eigenvalue weighted by Gasteiger charge is 2.07. The summed E-state index contributed by atoms with van der Waals surface area (Å²) >= 11 is 0. The minimum absolute atomic E-state index is 0.0374. The third-order valence-electron chi connectivity index (χ3n) is 1.98. The number of benzene rings is 1. The van der Waals surface area contributed by atoms with E-state index in [9.17, 15) is 13.6 Å². The van der Waals surface area contributed by atoms with Gasteiger partial charge in [-0.1, -0.05) is 0 Å². The van der Waals surface area contributed by atoms with E-state index in [1.54, 1.807) is 0 Å². The fourth-order valence-electron chi connectivity index (χ4n) is 1.14. The summed E-state index contributed by atoms with van der Waals surface area (Å²) in [6.07, 6.45) is 3.83. The molecule has 18 heavy (non-hydrogen) atoms. The van der Waals surface area contributed by atoms with Crippen LogP contribution < -0.4 is 5.73 Å². The summed E-state index contributed by atoms with van der Waals surface area (Å²) in [5, 5.41) is 0. The Bertz CT molecular complexity index is 512. The second-order valence-electron chi connectivity index (χ2n) is 3.43. The van der Waals surface area contributed by atoms with Gasteiger partial charge in [-0.25, -0.2) is 9.38 Å². The van der Waals surface area contributed by atoms with E-state index in [0.29, 0.717) is 0 Å². The quantitative estimate of drug-likeness (QED) is 0.386. The minimum atomic E-state index is -0.594. The molecule has 0 fully saturated rings. The predicted molar refractivity (Wildman–Crippen MR) is 66.4 cm³/mol. The predicted octanol–water partition coefficient (Wildman–Crippen LogP) is 2.75. The van der Waals surface area contributed by atoms with Gasteiger partial charge < -0.3 is 5.73 Å². The highest BCUT2D eigenvalue weighted by Crippen LogP contribution is 2.06. The fourth-order valence-corrected chi connectivity index (χ4v) is 1.14. The van der Waals surface area contributed by atoms with E-state index in [1.165, 1.54) is 49.5 Å². The lowest BCUT2D eigenvalue weighted by atomic mass is 10.1. The van der Waals surface area contributed by atoms with Gasteiger partial charge in [0.15, 0.2) is 5.97 Å². The van der Waals surface area contributed by atoms with Crippen LogP contribution in [0.4, 0.5) is 8.78 Å². The molecule has 0 amide bonds. The molecule has 0 radical (unpaired) electrons. The fraction of sp³-hybridized carbons (Fsp3) is 0.0769. The van der Waals surface area contributed by atoms with Crippen molar-refractivity contribution in [1.82, 2.24) is 0 Å². The maximum absolute atomic E-state index is 12.7. The van der Waals surface area contributed by atoms with Crippen LogP contribution in [0.25, 0.3) is 0 Å². The van der Waals surface area contributed by atoms with Gasteiger partial charge in [-0.3, -0.25) is 4.79 Å². The Morgan fingerprint density at radius 3 is 2.50 bits per heavy atom. The summed E-state index contributed by atoms with van der Waals surface area (Å²) in [5.74, 6) is -1.45.